The Bertz CT molecular complexity index is 1190. The number of fused-ring (bicyclic) bond motifs is 1. The molecule has 6 heteroatoms. The molecule has 2 aromatic carbocycles. The molecule has 1 unspecified atom stereocenters. The molecule has 30 heavy (non-hydrogen) atoms. The topological polar surface area (TPSA) is 81.2 Å². The van der Waals surface area contributed by atoms with E-state index in [4.69, 9.17) is 9.72 Å². The predicted molar refractivity (Wildman–Crippen MR) is 113 cm³/mol. The van der Waals surface area contributed by atoms with Gasteiger partial charge in [-0.25, -0.2) is 4.98 Å². The molecule has 4 aromatic rings. The van der Waals surface area contributed by atoms with E-state index in [1.54, 1.807) is 30.6 Å². The second-order valence-corrected chi connectivity index (χ2v) is 6.68. The van der Waals surface area contributed by atoms with Gasteiger partial charge in [-0.05, 0) is 24.3 Å². The summed E-state index contributed by atoms with van der Waals surface area (Å²) in [4.78, 5) is 33.5. The maximum atomic E-state index is 13.3. The zero-order valence-electron chi connectivity index (χ0n) is 16.3. The molecule has 2 aromatic heterocycles. The first kappa shape index (κ1) is 19.3. The molecular weight excluding hydrogens is 378 g/mol. The SMILES string of the molecule is CC(=O)OC(NC(=O)c1cc(-c2ccccc2)nc2ccccc12)c1ccncc1. The molecule has 1 amide bonds. The molecule has 0 saturated heterocycles. The molecule has 0 aliphatic carbocycles. The van der Waals surface area contributed by atoms with Gasteiger partial charge in [0, 0.05) is 35.8 Å². The highest BCUT2D eigenvalue weighted by Crippen LogP contribution is 2.25. The van der Waals surface area contributed by atoms with Crippen LogP contribution < -0.4 is 5.32 Å². The molecule has 6 nitrogen and oxygen atoms in total. The Balaban J connectivity index is 1.75. The Hall–Kier alpha value is -4.06. The fourth-order valence-electron chi connectivity index (χ4n) is 3.20. The summed E-state index contributed by atoms with van der Waals surface area (Å²) in [7, 11) is 0. The summed E-state index contributed by atoms with van der Waals surface area (Å²) in [6.45, 7) is 1.30. The lowest BCUT2D eigenvalue weighted by molar-refractivity contribution is -0.147. The van der Waals surface area contributed by atoms with Crippen LogP contribution >= 0.6 is 0 Å². The minimum Gasteiger partial charge on any atom is -0.437 e. The van der Waals surface area contributed by atoms with Gasteiger partial charge in [-0.1, -0.05) is 48.5 Å². The first-order chi connectivity index (χ1) is 14.6. The van der Waals surface area contributed by atoms with Gasteiger partial charge in [-0.3, -0.25) is 14.6 Å². The van der Waals surface area contributed by atoms with Gasteiger partial charge in [0.1, 0.15) is 0 Å². The van der Waals surface area contributed by atoms with Crippen LogP contribution in [0.3, 0.4) is 0 Å². The average molecular weight is 397 g/mol. The van der Waals surface area contributed by atoms with Gasteiger partial charge in [0.25, 0.3) is 5.91 Å². The number of nitrogens with one attached hydrogen (secondary N) is 1. The van der Waals surface area contributed by atoms with E-state index in [1.807, 2.05) is 54.6 Å². The Morgan fingerprint density at radius 3 is 2.37 bits per heavy atom. The molecule has 0 radical (unpaired) electrons. The van der Waals surface area contributed by atoms with Gasteiger partial charge < -0.3 is 10.1 Å². The number of benzene rings is 2. The number of amides is 1. The van der Waals surface area contributed by atoms with Gasteiger partial charge in [0.05, 0.1) is 16.8 Å². The molecule has 2 heterocycles. The number of pyridine rings is 2. The monoisotopic (exact) mass is 397 g/mol. The van der Waals surface area contributed by atoms with E-state index in [2.05, 4.69) is 10.3 Å². The van der Waals surface area contributed by atoms with Crippen LogP contribution in [-0.2, 0) is 9.53 Å². The fraction of sp³-hybridized carbons (Fsp3) is 0.0833. The number of carbonyl (C=O) groups is 2. The van der Waals surface area contributed by atoms with Crippen molar-refractivity contribution in [2.45, 2.75) is 13.2 Å². The lowest BCUT2D eigenvalue weighted by atomic mass is 10.0. The highest BCUT2D eigenvalue weighted by molar-refractivity contribution is 6.07. The molecule has 1 N–H and O–H groups in total. The van der Waals surface area contributed by atoms with Crippen molar-refractivity contribution in [1.29, 1.82) is 0 Å². The highest BCUT2D eigenvalue weighted by atomic mass is 16.6. The normalized spacial score (nSPS) is 11.6. The van der Waals surface area contributed by atoms with Gasteiger partial charge in [-0.2, -0.15) is 0 Å². The average Bonchev–Trinajstić information content (AvgIpc) is 2.78. The zero-order chi connectivity index (χ0) is 20.9. The minimum atomic E-state index is -0.926. The van der Waals surface area contributed by atoms with Crippen molar-refractivity contribution >= 4 is 22.8 Å². The number of carbonyl (C=O) groups excluding carboxylic acids is 2. The van der Waals surface area contributed by atoms with Crippen LogP contribution in [0.2, 0.25) is 0 Å². The molecule has 4 rings (SSSR count). The second-order valence-electron chi connectivity index (χ2n) is 6.68. The first-order valence-electron chi connectivity index (χ1n) is 9.45. The molecule has 0 spiro atoms. The third-order valence-electron chi connectivity index (χ3n) is 4.59. The number of hydrogen-bond donors (Lipinski definition) is 1. The standard InChI is InChI=1S/C24H19N3O3/c1-16(28)30-24(18-11-13-25-14-12-18)27-23(29)20-15-22(17-7-3-2-4-8-17)26-21-10-6-5-9-19(20)21/h2-15,24H,1H3,(H,27,29). The van der Waals surface area contributed by atoms with Crippen LogP contribution in [0.1, 0.15) is 29.1 Å². The number of hydrogen-bond acceptors (Lipinski definition) is 5. The summed E-state index contributed by atoms with van der Waals surface area (Å²) in [6.07, 6.45) is 2.23. The van der Waals surface area contributed by atoms with Gasteiger partial charge in [0.15, 0.2) is 0 Å². The summed E-state index contributed by atoms with van der Waals surface area (Å²) < 4.78 is 5.34. The lowest BCUT2D eigenvalue weighted by Gasteiger charge is -2.19. The van der Waals surface area contributed by atoms with Crippen LogP contribution in [0.5, 0.6) is 0 Å². The molecule has 0 bridgehead atoms. The lowest BCUT2D eigenvalue weighted by Crippen LogP contribution is -2.31. The zero-order valence-corrected chi connectivity index (χ0v) is 16.3. The van der Waals surface area contributed by atoms with Crippen LogP contribution in [0, 0.1) is 0 Å². The summed E-state index contributed by atoms with van der Waals surface area (Å²) in [5, 5.41) is 3.53. The third-order valence-corrected chi connectivity index (χ3v) is 4.59. The van der Waals surface area contributed by atoms with E-state index in [0.717, 1.165) is 5.56 Å². The number of rotatable bonds is 5. The summed E-state index contributed by atoms with van der Waals surface area (Å²) in [5.41, 5.74) is 3.37. The van der Waals surface area contributed by atoms with E-state index in [-0.39, 0.29) is 5.91 Å². The Labute approximate surface area is 173 Å². The van der Waals surface area contributed by atoms with Crippen molar-refractivity contribution < 1.29 is 14.3 Å². The second kappa shape index (κ2) is 8.53. The summed E-state index contributed by atoms with van der Waals surface area (Å²) in [6, 6.07) is 22.2. The minimum absolute atomic E-state index is 0.367. The maximum Gasteiger partial charge on any atom is 0.304 e. The van der Waals surface area contributed by atoms with E-state index < -0.39 is 12.2 Å². The van der Waals surface area contributed by atoms with E-state index in [9.17, 15) is 9.59 Å². The van der Waals surface area contributed by atoms with E-state index in [0.29, 0.717) is 27.7 Å². The molecule has 148 valence electrons. The van der Waals surface area contributed by atoms with Crippen molar-refractivity contribution in [3.63, 3.8) is 0 Å². The smallest absolute Gasteiger partial charge is 0.304 e. The van der Waals surface area contributed by atoms with Crippen molar-refractivity contribution in [2.24, 2.45) is 0 Å². The molecule has 0 aliphatic rings. The molecule has 0 fully saturated rings. The number of ether oxygens (including phenoxy) is 1. The summed E-state index contributed by atoms with van der Waals surface area (Å²) in [5.74, 6) is -0.865. The van der Waals surface area contributed by atoms with Gasteiger partial charge in [0.2, 0.25) is 6.23 Å². The Morgan fingerprint density at radius 1 is 0.933 bits per heavy atom. The van der Waals surface area contributed by atoms with Crippen molar-refractivity contribution in [2.75, 3.05) is 0 Å². The Kier molecular flexibility index (Phi) is 5.48. The van der Waals surface area contributed by atoms with Crippen molar-refractivity contribution in [1.82, 2.24) is 15.3 Å². The van der Waals surface area contributed by atoms with E-state index >= 15 is 0 Å². The van der Waals surface area contributed by atoms with Gasteiger partial charge in [-0.15, -0.1) is 0 Å². The Morgan fingerprint density at radius 2 is 1.63 bits per heavy atom. The first-order valence-corrected chi connectivity index (χ1v) is 9.45. The van der Waals surface area contributed by atoms with Gasteiger partial charge >= 0.3 is 5.97 Å². The largest absolute Gasteiger partial charge is 0.437 e. The van der Waals surface area contributed by atoms with Crippen LogP contribution in [0.15, 0.2) is 85.2 Å². The van der Waals surface area contributed by atoms with E-state index in [1.165, 1.54) is 6.92 Å². The number of esters is 1. The van der Waals surface area contributed by atoms with Crippen LogP contribution in [0.25, 0.3) is 22.2 Å². The van der Waals surface area contributed by atoms with Crippen LogP contribution in [-0.4, -0.2) is 21.8 Å². The van der Waals surface area contributed by atoms with Crippen molar-refractivity contribution in [3.05, 3.63) is 96.3 Å². The summed E-state index contributed by atoms with van der Waals surface area (Å²) >= 11 is 0. The highest BCUT2D eigenvalue weighted by Gasteiger charge is 2.21. The quantitative estimate of drug-likeness (QED) is 0.401. The molecule has 0 aliphatic heterocycles. The molecule has 1 atom stereocenters. The predicted octanol–water partition coefficient (Wildman–Crippen LogP) is 4.29. The number of aromatic nitrogens is 2. The molecular formula is C24H19N3O3. The number of nitrogens with zero attached hydrogens (tertiary/aromatic N) is 2. The number of para-hydroxylation sites is 1. The van der Waals surface area contributed by atoms with Crippen molar-refractivity contribution in [3.8, 4) is 11.3 Å². The molecule has 0 saturated carbocycles. The fourth-order valence-corrected chi connectivity index (χ4v) is 3.20. The maximum absolute atomic E-state index is 13.3. The van der Waals surface area contributed by atoms with Crippen LogP contribution in [0.4, 0.5) is 0 Å². The third kappa shape index (κ3) is 4.17.